The maximum absolute atomic E-state index is 10.7. The fourth-order valence-corrected chi connectivity index (χ4v) is 1.36. The van der Waals surface area contributed by atoms with Gasteiger partial charge < -0.3 is 11.1 Å². The van der Waals surface area contributed by atoms with Crippen LogP contribution in [0.1, 0.15) is 6.92 Å². The van der Waals surface area contributed by atoms with E-state index in [1.54, 1.807) is 6.08 Å². The second-order valence-corrected chi connectivity index (χ2v) is 2.85. The molecule has 4 heteroatoms. The molecule has 0 aromatic carbocycles. The highest BCUT2D eigenvalue weighted by Gasteiger charge is 2.22. The van der Waals surface area contributed by atoms with E-state index in [4.69, 9.17) is 5.73 Å². The first-order valence-electron chi connectivity index (χ1n) is 2.63. The molecule has 1 aliphatic heterocycles. The van der Waals surface area contributed by atoms with E-state index in [9.17, 15) is 4.79 Å². The standard InChI is InChI=1S/C5H8N2OS/c1-2-3-4(8)7-5(6)9-3/h2,5H,6H2,1H3,(H,7,8)/b3-2-. The number of carbonyl (C=O) groups excluding carboxylic acids is 1. The van der Waals surface area contributed by atoms with Gasteiger partial charge in [0.2, 0.25) is 0 Å². The van der Waals surface area contributed by atoms with Crippen molar-refractivity contribution in [3.05, 3.63) is 11.0 Å². The summed E-state index contributed by atoms with van der Waals surface area (Å²) in [6, 6.07) is 0. The SMILES string of the molecule is C/C=C1\SC(N)NC1=O. The molecule has 0 aromatic heterocycles. The first kappa shape index (κ1) is 6.64. The normalized spacial score (nSPS) is 31.1. The van der Waals surface area contributed by atoms with Gasteiger partial charge in [0, 0.05) is 0 Å². The van der Waals surface area contributed by atoms with Crippen molar-refractivity contribution in [1.82, 2.24) is 5.32 Å². The van der Waals surface area contributed by atoms with E-state index in [2.05, 4.69) is 5.32 Å². The molecular formula is C5H8N2OS. The van der Waals surface area contributed by atoms with Gasteiger partial charge in [0.1, 0.15) is 5.50 Å². The Morgan fingerprint density at radius 3 is 2.78 bits per heavy atom. The largest absolute Gasteiger partial charge is 0.327 e. The van der Waals surface area contributed by atoms with Crippen LogP contribution in [-0.4, -0.2) is 11.4 Å². The van der Waals surface area contributed by atoms with Crippen molar-refractivity contribution in [3.63, 3.8) is 0 Å². The number of nitrogens with one attached hydrogen (secondary N) is 1. The monoisotopic (exact) mass is 144 g/mol. The summed E-state index contributed by atoms with van der Waals surface area (Å²) < 4.78 is 0. The Kier molecular flexibility index (Phi) is 1.78. The summed E-state index contributed by atoms with van der Waals surface area (Å²) in [7, 11) is 0. The molecule has 0 saturated carbocycles. The average molecular weight is 144 g/mol. The van der Waals surface area contributed by atoms with E-state index in [-0.39, 0.29) is 11.4 Å². The van der Waals surface area contributed by atoms with E-state index in [0.717, 1.165) is 0 Å². The Bertz CT molecular complexity index is 166. The Labute approximate surface area is 57.7 Å². The van der Waals surface area contributed by atoms with Gasteiger partial charge >= 0.3 is 0 Å². The minimum atomic E-state index is -0.247. The van der Waals surface area contributed by atoms with Crippen LogP contribution in [0.3, 0.4) is 0 Å². The highest BCUT2D eigenvalue weighted by atomic mass is 32.2. The van der Waals surface area contributed by atoms with Gasteiger partial charge in [-0.25, -0.2) is 0 Å². The molecule has 1 fully saturated rings. The van der Waals surface area contributed by atoms with Crippen LogP contribution < -0.4 is 11.1 Å². The molecule has 1 unspecified atom stereocenters. The zero-order chi connectivity index (χ0) is 6.85. The zero-order valence-corrected chi connectivity index (χ0v) is 5.87. The third-order valence-corrected chi connectivity index (χ3v) is 2.06. The van der Waals surface area contributed by atoms with Crippen LogP contribution in [0, 0.1) is 0 Å². The van der Waals surface area contributed by atoms with Crippen molar-refractivity contribution in [2.45, 2.75) is 12.4 Å². The molecule has 0 radical (unpaired) electrons. The van der Waals surface area contributed by atoms with Crippen LogP contribution >= 0.6 is 11.8 Å². The number of hydrogen-bond acceptors (Lipinski definition) is 3. The quantitative estimate of drug-likeness (QED) is 0.470. The van der Waals surface area contributed by atoms with Crippen molar-refractivity contribution in [2.75, 3.05) is 0 Å². The van der Waals surface area contributed by atoms with Crippen molar-refractivity contribution in [3.8, 4) is 0 Å². The van der Waals surface area contributed by atoms with E-state index in [1.807, 2.05) is 6.92 Å². The number of thioether (sulfide) groups is 1. The predicted octanol–water partition coefficient (Wildman–Crippen LogP) is -0.00450. The van der Waals surface area contributed by atoms with E-state index in [0.29, 0.717) is 4.91 Å². The topological polar surface area (TPSA) is 55.1 Å². The summed E-state index contributed by atoms with van der Waals surface area (Å²) in [5.41, 5.74) is 5.13. The summed E-state index contributed by atoms with van der Waals surface area (Å²) in [6.07, 6.45) is 1.76. The van der Waals surface area contributed by atoms with E-state index in [1.165, 1.54) is 11.8 Å². The number of allylic oxidation sites excluding steroid dienone is 1. The molecule has 9 heavy (non-hydrogen) atoms. The highest BCUT2D eigenvalue weighted by Crippen LogP contribution is 2.23. The van der Waals surface area contributed by atoms with Crippen LogP contribution in [0.15, 0.2) is 11.0 Å². The molecule has 1 heterocycles. The van der Waals surface area contributed by atoms with Crippen LogP contribution in [0.25, 0.3) is 0 Å². The molecule has 0 aromatic rings. The maximum Gasteiger partial charge on any atom is 0.259 e. The lowest BCUT2D eigenvalue weighted by atomic mass is 10.5. The zero-order valence-electron chi connectivity index (χ0n) is 5.05. The summed E-state index contributed by atoms with van der Waals surface area (Å²) in [5, 5.41) is 2.55. The van der Waals surface area contributed by atoms with Crippen LogP contribution in [-0.2, 0) is 4.79 Å². The number of hydrogen-bond donors (Lipinski definition) is 2. The van der Waals surface area contributed by atoms with Gasteiger partial charge in [0.25, 0.3) is 5.91 Å². The van der Waals surface area contributed by atoms with Crippen molar-refractivity contribution in [2.24, 2.45) is 5.73 Å². The third-order valence-electron chi connectivity index (χ3n) is 1.01. The molecule has 3 nitrogen and oxygen atoms in total. The fourth-order valence-electron chi connectivity index (χ4n) is 0.619. The molecule has 1 atom stereocenters. The number of nitrogens with two attached hydrogens (primary N) is 1. The summed E-state index contributed by atoms with van der Waals surface area (Å²) in [4.78, 5) is 11.4. The lowest BCUT2D eigenvalue weighted by molar-refractivity contribution is -0.116. The van der Waals surface area contributed by atoms with Crippen molar-refractivity contribution < 1.29 is 4.79 Å². The maximum atomic E-state index is 10.7. The second-order valence-electron chi connectivity index (χ2n) is 1.66. The molecule has 0 spiro atoms. The van der Waals surface area contributed by atoms with Gasteiger partial charge in [-0.2, -0.15) is 0 Å². The van der Waals surface area contributed by atoms with Gasteiger partial charge in [-0.3, -0.25) is 4.79 Å². The minimum absolute atomic E-state index is 0.0602. The smallest absolute Gasteiger partial charge is 0.259 e. The third kappa shape index (κ3) is 1.25. The molecule has 3 N–H and O–H groups in total. The second kappa shape index (κ2) is 2.41. The first-order chi connectivity index (χ1) is 4.24. The Morgan fingerprint density at radius 1 is 1.89 bits per heavy atom. The molecule has 1 amide bonds. The first-order valence-corrected chi connectivity index (χ1v) is 3.51. The molecule has 0 aliphatic carbocycles. The molecule has 1 saturated heterocycles. The molecule has 0 bridgehead atoms. The Hall–Kier alpha value is -0.480. The highest BCUT2D eigenvalue weighted by molar-refractivity contribution is 8.05. The minimum Gasteiger partial charge on any atom is -0.327 e. The molecular weight excluding hydrogens is 136 g/mol. The van der Waals surface area contributed by atoms with E-state index < -0.39 is 0 Å². The molecule has 1 rings (SSSR count). The average Bonchev–Trinajstić information content (AvgIpc) is 2.10. The summed E-state index contributed by atoms with van der Waals surface area (Å²) in [6.45, 7) is 1.82. The van der Waals surface area contributed by atoms with E-state index >= 15 is 0 Å². The Balaban J connectivity index is 2.70. The predicted molar refractivity (Wildman–Crippen MR) is 37.5 cm³/mol. The summed E-state index contributed by atoms with van der Waals surface area (Å²) >= 11 is 1.35. The van der Waals surface area contributed by atoms with Crippen LogP contribution in [0.2, 0.25) is 0 Å². The lowest BCUT2D eigenvalue weighted by Crippen LogP contribution is -2.31. The molecule has 50 valence electrons. The van der Waals surface area contributed by atoms with Gasteiger partial charge in [-0.05, 0) is 6.92 Å². The van der Waals surface area contributed by atoms with Crippen LogP contribution in [0.4, 0.5) is 0 Å². The van der Waals surface area contributed by atoms with Gasteiger partial charge in [-0.1, -0.05) is 17.8 Å². The number of carbonyl (C=O) groups is 1. The van der Waals surface area contributed by atoms with Crippen LogP contribution in [0.5, 0.6) is 0 Å². The summed E-state index contributed by atoms with van der Waals surface area (Å²) in [5.74, 6) is -0.0602. The van der Waals surface area contributed by atoms with Gasteiger partial charge in [0.15, 0.2) is 0 Å². The Morgan fingerprint density at radius 2 is 2.56 bits per heavy atom. The fraction of sp³-hybridized carbons (Fsp3) is 0.400. The number of amides is 1. The van der Waals surface area contributed by atoms with Crippen molar-refractivity contribution >= 4 is 17.7 Å². The number of rotatable bonds is 0. The van der Waals surface area contributed by atoms with Gasteiger partial charge in [0.05, 0.1) is 4.91 Å². The van der Waals surface area contributed by atoms with Gasteiger partial charge in [-0.15, -0.1) is 0 Å². The van der Waals surface area contributed by atoms with Crippen molar-refractivity contribution in [1.29, 1.82) is 0 Å². The lowest BCUT2D eigenvalue weighted by Gasteiger charge is -1.94. The molecule has 1 aliphatic rings.